The first-order valence-corrected chi connectivity index (χ1v) is 7.38. The number of ether oxygens (including phenoxy) is 1. The molecule has 0 amide bonds. The summed E-state index contributed by atoms with van der Waals surface area (Å²) in [6, 6.07) is 4.82. The van der Waals surface area contributed by atoms with Crippen LogP contribution in [0.25, 0.3) is 11.0 Å². The van der Waals surface area contributed by atoms with Crippen molar-refractivity contribution in [1.82, 2.24) is 19.7 Å². The number of aliphatic hydroxyl groups excluding tert-OH is 1. The van der Waals surface area contributed by atoms with Crippen molar-refractivity contribution >= 4 is 11.0 Å². The summed E-state index contributed by atoms with van der Waals surface area (Å²) in [5, 5.41) is 14.3. The highest BCUT2D eigenvalue weighted by Crippen LogP contribution is 2.30. The normalized spacial score (nSPS) is 11.9. The second-order valence-electron chi connectivity index (χ2n) is 5.44. The molecule has 0 spiro atoms. The van der Waals surface area contributed by atoms with E-state index in [-0.39, 0.29) is 13.2 Å². The first kappa shape index (κ1) is 17.2. The molecular formula is C16H15F3N4O2. The zero-order chi connectivity index (χ0) is 18.2. The molecule has 0 unspecified atom stereocenters. The summed E-state index contributed by atoms with van der Waals surface area (Å²) in [6.45, 7) is 1.56. The topological polar surface area (TPSA) is 73.1 Å². The van der Waals surface area contributed by atoms with Gasteiger partial charge in [-0.15, -0.1) is 0 Å². The standard InChI is InChI=1S/C16H15F3N4O2/c1-9-20-14-13(15(21-9)25-2)12(8-24)22-23(14)7-10-3-5-11(6-4-10)16(17,18)19/h3-6,24H,7-8H2,1-2H3. The largest absolute Gasteiger partial charge is 0.480 e. The first-order valence-electron chi connectivity index (χ1n) is 7.38. The van der Waals surface area contributed by atoms with Gasteiger partial charge in [-0.1, -0.05) is 12.1 Å². The molecule has 0 atom stereocenters. The van der Waals surface area contributed by atoms with E-state index in [0.717, 1.165) is 12.1 Å². The molecule has 3 aromatic rings. The summed E-state index contributed by atoms with van der Waals surface area (Å²) < 4.78 is 44.7. The molecule has 132 valence electrons. The number of methoxy groups -OCH3 is 1. The van der Waals surface area contributed by atoms with Gasteiger partial charge in [0.2, 0.25) is 5.88 Å². The molecular weight excluding hydrogens is 337 g/mol. The van der Waals surface area contributed by atoms with Crippen molar-refractivity contribution in [3.8, 4) is 5.88 Å². The molecule has 0 saturated carbocycles. The van der Waals surface area contributed by atoms with Crippen molar-refractivity contribution in [2.75, 3.05) is 7.11 Å². The van der Waals surface area contributed by atoms with Gasteiger partial charge in [0, 0.05) is 0 Å². The Kier molecular flexibility index (Phi) is 4.34. The number of benzene rings is 1. The smallest absolute Gasteiger partial charge is 0.416 e. The second-order valence-corrected chi connectivity index (χ2v) is 5.44. The van der Waals surface area contributed by atoms with Gasteiger partial charge in [0.05, 0.1) is 25.8 Å². The summed E-state index contributed by atoms with van der Waals surface area (Å²) >= 11 is 0. The number of nitrogens with zero attached hydrogens (tertiary/aromatic N) is 4. The number of aryl methyl sites for hydroxylation is 1. The van der Waals surface area contributed by atoms with Gasteiger partial charge >= 0.3 is 6.18 Å². The third-order valence-corrected chi connectivity index (χ3v) is 3.70. The van der Waals surface area contributed by atoms with E-state index in [9.17, 15) is 18.3 Å². The lowest BCUT2D eigenvalue weighted by Gasteiger charge is -2.08. The van der Waals surface area contributed by atoms with Gasteiger partial charge in [-0.05, 0) is 24.6 Å². The summed E-state index contributed by atoms with van der Waals surface area (Å²) in [7, 11) is 1.45. The third-order valence-electron chi connectivity index (χ3n) is 3.70. The van der Waals surface area contributed by atoms with Gasteiger partial charge in [-0.2, -0.15) is 23.3 Å². The SMILES string of the molecule is COc1nc(C)nc2c1c(CO)nn2Cc1ccc(C(F)(F)F)cc1. The Balaban J connectivity index is 2.03. The number of fused-ring (bicyclic) bond motifs is 1. The fraction of sp³-hybridized carbons (Fsp3) is 0.312. The molecule has 0 bridgehead atoms. The Labute approximate surface area is 140 Å². The highest BCUT2D eigenvalue weighted by atomic mass is 19.4. The van der Waals surface area contributed by atoms with E-state index >= 15 is 0 Å². The number of rotatable bonds is 4. The van der Waals surface area contributed by atoms with Crippen molar-refractivity contribution < 1.29 is 23.0 Å². The van der Waals surface area contributed by atoms with Crippen LogP contribution in [0, 0.1) is 6.92 Å². The van der Waals surface area contributed by atoms with Crippen molar-refractivity contribution in [3.05, 3.63) is 46.9 Å². The van der Waals surface area contributed by atoms with Crippen LogP contribution in [-0.2, 0) is 19.3 Å². The predicted octanol–water partition coefficient (Wildman–Crippen LogP) is 2.70. The minimum atomic E-state index is -4.38. The highest BCUT2D eigenvalue weighted by molar-refractivity contribution is 5.83. The monoisotopic (exact) mass is 352 g/mol. The molecule has 0 aliphatic heterocycles. The number of alkyl halides is 3. The zero-order valence-electron chi connectivity index (χ0n) is 13.5. The van der Waals surface area contributed by atoms with E-state index in [0.29, 0.717) is 34.0 Å². The van der Waals surface area contributed by atoms with Crippen molar-refractivity contribution in [2.45, 2.75) is 26.3 Å². The fourth-order valence-corrected chi connectivity index (χ4v) is 2.56. The number of hydrogen-bond donors (Lipinski definition) is 1. The molecule has 0 saturated heterocycles. The minimum Gasteiger partial charge on any atom is -0.480 e. The number of hydrogen-bond acceptors (Lipinski definition) is 5. The summed E-state index contributed by atoms with van der Waals surface area (Å²) in [5.74, 6) is 0.757. The van der Waals surface area contributed by atoms with E-state index in [1.807, 2.05) is 0 Å². The molecule has 1 N–H and O–H groups in total. The van der Waals surface area contributed by atoms with Crippen molar-refractivity contribution in [1.29, 1.82) is 0 Å². The minimum absolute atomic E-state index is 0.203. The molecule has 0 fully saturated rings. The summed E-state index contributed by atoms with van der Waals surface area (Å²) in [4.78, 5) is 8.49. The molecule has 2 heterocycles. The van der Waals surface area contributed by atoms with Gasteiger partial charge in [0.15, 0.2) is 5.65 Å². The number of aromatic nitrogens is 4. The lowest BCUT2D eigenvalue weighted by atomic mass is 10.1. The van der Waals surface area contributed by atoms with Gasteiger partial charge in [0.25, 0.3) is 0 Å². The molecule has 6 nitrogen and oxygen atoms in total. The van der Waals surface area contributed by atoms with Gasteiger partial charge in [0.1, 0.15) is 16.9 Å². The summed E-state index contributed by atoms with van der Waals surface area (Å²) in [5.41, 5.74) is 0.710. The maximum Gasteiger partial charge on any atom is 0.416 e. The van der Waals surface area contributed by atoms with Crippen LogP contribution >= 0.6 is 0 Å². The number of halogens is 3. The van der Waals surface area contributed by atoms with Crippen molar-refractivity contribution in [2.24, 2.45) is 0 Å². The van der Waals surface area contributed by atoms with Gasteiger partial charge in [-0.25, -0.2) is 9.67 Å². The van der Waals surface area contributed by atoms with Crippen LogP contribution in [0.1, 0.15) is 22.6 Å². The molecule has 25 heavy (non-hydrogen) atoms. The van der Waals surface area contributed by atoms with Gasteiger partial charge in [-0.3, -0.25) is 0 Å². The molecule has 0 radical (unpaired) electrons. The van der Waals surface area contributed by atoms with Crippen molar-refractivity contribution in [3.63, 3.8) is 0 Å². The third kappa shape index (κ3) is 3.27. The maximum atomic E-state index is 12.7. The average molecular weight is 352 g/mol. The maximum absolute atomic E-state index is 12.7. The first-order chi connectivity index (χ1) is 11.8. The Morgan fingerprint density at radius 3 is 2.40 bits per heavy atom. The zero-order valence-corrected chi connectivity index (χ0v) is 13.5. The molecule has 3 rings (SSSR count). The molecule has 1 aromatic carbocycles. The van der Waals surface area contributed by atoms with Crippen LogP contribution in [0.5, 0.6) is 5.88 Å². The Hall–Kier alpha value is -2.68. The van der Waals surface area contributed by atoms with E-state index in [1.54, 1.807) is 6.92 Å². The van der Waals surface area contributed by atoms with E-state index in [4.69, 9.17) is 4.74 Å². The van der Waals surface area contributed by atoms with Crippen LogP contribution in [0.2, 0.25) is 0 Å². The average Bonchev–Trinajstić information content (AvgIpc) is 2.91. The van der Waals surface area contributed by atoms with Crippen LogP contribution in [0.4, 0.5) is 13.2 Å². The molecule has 0 aliphatic carbocycles. The summed E-state index contributed by atoms with van der Waals surface area (Å²) in [6.07, 6.45) is -4.38. The van der Waals surface area contributed by atoms with Crippen LogP contribution in [0.15, 0.2) is 24.3 Å². The quantitative estimate of drug-likeness (QED) is 0.782. The Bertz CT molecular complexity index is 904. The second kappa shape index (κ2) is 6.32. The Morgan fingerprint density at radius 1 is 1.16 bits per heavy atom. The lowest BCUT2D eigenvalue weighted by Crippen LogP contribution is -2.07. The van der Waals surface area contributed by atoms with E-state index in [2.05, 4.69) is 15.1 Å². The molecule has 2 aromatic heterocycles. The van der Waals surface area contributed by atoms with Crippen LogP contribution < -0.4 is 4.74 Å². The van der Waals surface area contributed by atoms with Gasteiger partial charge < -0.3 is 9.84 Å². The predicted molar refractivity (Wildman–Crippen MR) is 83.1 cm³/mol. The van der Waals surface area contributed by atoms with E-state index < -0.39 is 11.7 Å². The number of aliphatic hydroxyl groups is 1. The fourth-order valence-electron chi connectivity index (χ4n) is 2.56. The molecule has 9 heteroatoms. The van der Waals surface area contributed by atoms with Crippen LogP contribution in [0.3, 0.4) is 0 Å². The lowest BCUT2D eigenvalue weighted by molar-refractivity contribution is -0.137. The Morgan fingerprint density at radius 2 is 1.84 bits per heavy atom. The van der Waals surface area contributed by atoms with E-state index in [1.165, 1.54) is 23.9 Å². The highest BCUT2D eigenvalue weighted by Gasteiger charge is 2.30. The van der Waals surface area contributed by atoms with Crippen LogP contribution in [-0.4, -0.2) is 32.0 Å². The molecule has 0 aliphatic rings.